The molecule has 2 rings (SSSR count). The Bertz CT molecular complexity index is 781. The number of ketones is 1. The summed E-state index contributed by atoms with van der Waals surface area (Å²) in [7, 11) is 0. The van der Waals surface area contributed by atoms with E-state index < -0.39 is 17.7 Å². The van der Waals surface area contributed by atoms with Crippen LogP contribution in [0.4, 0.5) is 0 Å². The van der Waals surface area contributed by atoms with Crippen LogP contribution in [-0.4, -0.2) is 28.4 Å². The Morgan fingerprint density at radius 2 is 1.22 bits per heavy atom. The molecule has 0 aromatic heterocycles. The number of hydrogen-bond donors (Lipinski definition) is 0. The van der Waals surface area contributed by atoms with Gasteiger partial charge in [0.1, 0.15) is 0 Å². The third-order valence-corrected chi connectivity index (χ3v) is 3.28. The Morgan fingerprint density at radius 3 is 1.74 bits per heavy atom. The van der Waals surface area contributed by atoms with Gasteiger partial charge in [0.25, 0.3) is 11.8 Å². The van der Waals surface area contributed by atoms with Gasteiger partial charge in [0.15, 0.2) is 5.78 Å². The molecule has 0 bridgehead atoms. The molecule has 2 aromatic carbocycles. The van der Waals surface area contributed by atoms with Gasteiger partial charge in [0.05, 0.1) is 5.56 Å². The molecule has 0 atom stereocenters. The first-order valence-corrected chi connectivity index (χ1v) is 6.98. The number of amides is 3. The first kappa shape index (κ1) is 16.3. The maximum Gasteiger partial charge on any atom is 0.268 e. The average molecular weight is 309 g/mol. The molecule has 116 valence electrons. The first-order chi connectivity index (χ1) is 10.9. The van der Waals surface area contributed by atoms with E-state index in [1.54, 1.807) is 30.3 Å². The zero-order valence-corrected chi connectivity index (χ0v) is 12.8. The predicted molar refractivity (Wildman–Crippen MR) is 84.1 cm³/mol. The monoisotopic (exact) mass is 309 g/mol. The van der Waals surface area contributed by atoms with E-state index in [0.717, 1.165) is 6.92 Å². The fourth-order valence-corrected chi connectivity index (χ4v) is 2.19. The summed E-state index contributed by atoms with van der Waals surface area (Å²) in [5, 5.41) is 0. The average Bonchev–Trinajstić information content (AvgIpc) is 2.55. The summed E-state index contributed by atoms with van der Waals surface area (Å²) >= 11 is 0. The lowest BCUT2D eigenvalue weighted by Crippen LogP contribution is -2.41. The molecule has 0 N–H and O–H groups in total. The summed E-state index contributed by atoms with van der Waals surface area (Å²) < 4.78 is 0. The van der Waals surface area contributed by atoms with Crippen LogP contribution in [0.2, 0.25) is 0 Å². The van der Waals surface area contributed by atoms with Crippen LogP contribution < -0.4 is 0 Å². The number of benzene rings is 2. The number of carbonyl (C=O) groups excluding carboxylic acids is 4. The molecule has 0 saturated carbocycles. The van der Waals surface area contributed by atoms with Crippen molar-refractivity contribution < 1.29 is 19.2 Å². The zero-order valence-electron chi connectivity index (χ0n) is 12.8. The van der Waals surface area contributed by atoms with Gasteiger partial charge in [-0.2, -0.15) is 0 Å². The third kappa shape index (κ3) is 3.40. The molecule has 0 fully saturated rings. The van der Waals surface area contributed by atoms with Gasteiger partial charge in [0, 0.05) is 18.1 Å². The van der Waals surface area contributed by atoms with Crippen molar-refractivity contribution in [2.75, 3.05) is 0 Å². The van der Waals surface area contributed by atoms with E-state index in [1.807, 2.05) is 0 Å². The molecule has 2 aromatic rings. The quantitative estimate of drug-likeness (QED) is 0.645. The van der Waals surface area contributed by atoms with Gasteiger partial charge in [-0.25, -0.2) is 4.90 Å². The van der Waals surface area contributed by atoms with Gasteiger partial charge < -0.3 is 0 Å². The molecule has 5 nitrogen and oxygen atoms in total. The Hall–Kier alpha value is -3.08. The molecule has 0 aliphatic rings. The Morgan fingerprint density at radius 1 is 0.696 bits per heavy atom. The van der Waals surface area contributed by atoms with Crippen LogP contribution in [0.1, 0.15) is 44.9 Å². The fourth-order valence-electron chi connectivity index (χ4n) is 2.19. The summed E-state index contributed by atoms with van der Waals surface area (Å²) in [5.41, 5.74) is 0.417. The van der Waals surface area contributed by atoms with Crippen LogP contribution in [-0.2, 0) is 4.79 Å². The zero-order chi connectivity index (χ0) is 17.0. The third-order valence-electron chi connectivity index (χ3n) is 3.28. The normalized spacial score (nSPS) is 10.0. The molecule has 0 heterocycles. The minimum Gasteiger partial charge on any atom is -0.294 e. The van der Waals surface area contributed by atoms with Crippen molar-refractivity contribution in [3.63, 3.8) is 0 Å². The van der Waals surface area contributed by atoms with Crippen LogP contribution in [0, 0.1) is 0 Å². The molecular formula is C18H15NO4. The maximum absolute atomic E-state index is 12.7. The van der Waals surface area contributed by atoms with E-state index in [9.17, 15) is 19.2 Å². The van der Waals surface area contributed by atoms with E-state index in [-0.39, 0.29) is 22.5 Å². The molecule has 23 heavy (non-hydrogen) atoms. The van der Waals surface area contributed by atoms with E-state index in [1.165, 1.54) is 31.2 Å². The van der Waals surface area contributed by atoms with Gasteiger partial charge in [-0.05, 0) is 25.1 Å². The molecule has 5 heteroatoms. The molecule has 0 unspecified atom stereocenters. The first-order valence-electron chi connectivity index (χ1n) is 6.98. The topological polar surface area (TPSA) is 71.5 Å². The van der Waals surface area contributed by atoms with Gasteiger partial charge in [-0.1, -0.05) is 36.4 Å². The van der Waals surface area contributed by atoms with Gasteiger partial charge in [0.2, 0.25) is 5.91 Å². The Kier molecular flexibility index (Phi) is 4.81. The predicted octanol–water partition coefficient (Wildman–Crippen LogP) is 2.72. The number of Topliss-reactive ketones (excluding diaryl/α,β-unsaturated/α-hetero) is 1. The second-order valence-electron chi connectivity index (χ2n) is 4.93. The smallest absolute Gasteiger partial charge is 0.268 e. The molecule has 0 aliphatic heterocycles. The van der Waals surface area contributed by atoms with E-state index in [0.29, 0.717) is 4.90 Å². The lowest BCUT2D eigenvalue weighted by Gasteiger charge is -2.18. The van der Waals surface area contributed by atoms with Crippen LogP contribution >= 0.6 is 0 Å². The second-order valence-corrected chi connectivity index (χ2v) is 4.93. The minimum atomic E-state index is -0.808. The van der Waals surface area contributed by atoms with E-state index >= 15 is 0 Å². The Balaban J connectivity index is 2.47. The van der Waals surface area contributed by atoms with Gasteiger partial charge >= 0.3 is 0 Å². The van der Waals surface area contributed by atoms with Crippen LogP contribution in [0.3, 0.4) is 0 Å². The lowest BCUT2D eigenvalue weighted by atomic mass is 10.0. The van der Waals surface area contributed by atoms with Gasteiger partial charge in [-0.15, -0.1) is 0 Å². The van der Waals surface area contributed by atoms with Crippen molar-refractivity contribution in [3.05, 3.63) is 71.3 Å². The summed E-state index contributed by atoms with van der Waals surface area (Å²) in [6.07, 6.45) is 0. The summed E-state index contributed by atoms with van der Waals surface area (Å²) in [6.45, 7) is 2.46. The molecule has 0 spiro atoms. The highest BCUT2D eigenvalue weighted by Crippen LogP contribution is 2.15. The van der Waals surface area contributed by atoms with Crippen molar-refractivity contribution in [1.29, 1.82) is 0 Å². The van der Waals surface area contributed by atoms with Gasteiger partial charge in [-0.3, -0.25) is 19.2 Å². The second kappa shape index (κ2) is 6.79. The number of hydrogen-bond acceptors (Lipinski definition) is 4. The molecule has 0 aliphatic carbocycles. The summed E-state index contributed by atoms with van der Waals surface area (Å²) in [4.78, 5) is 49.2. The number of imide groups is 3. The molecule has 0 radical (unpaired) electrons. The maximum atomic E-state index is 12.7. The highest BCUT2D eigenvalue weighted by molar-refractivity contribution is 6.22. The molecule has 0 saturated heterocycles. The highest BCUT2D eigenvalue weighted by Gasteiger charge is 2.29. The molecular weight excluding hydrogens is 294 g/mol. The summed E-state index contributed by atoms with van der Waals surface area (Å²) in [5.74, 6) is -2.55. The van der Waals surface area contributed by atoms with E-state index in [4.69, 9.17) is 0 Å². The van der Waals surface area contributed by atoms with Crippen molar-refractivity contribution >= 4 is 23.5 Å². The largest absolute Gasteiger partial charge is 0.294 e. The van der Waals surface area contributed by atoms with E-state index in [2.05, 4.69) is 0 Å². The van der Waals surface area contributed by atoms with Crippen molar-refractivity contribution in [2.24, 2.45) is 0 Å². The molecule has 3 amide bonds. The lowest BCUT2D eigenvalue weighted by molar-refractivity contribution is -0.124. The SMILES string of the molecule is CC(=O)c1ccccc1C(=O)N(C(C)=O)C(=O)c1ccccc1. The van der Waals surface area contributed by atoms with Crippen LogP contribution in [0.25, 0.3) is 0 Å². The van der Waals surface area contributed by atoms with Crippen molar-refractivity contribution in [1.82, 2.24) is 4.90 Å². The number of rotatable bonds is 3. The van der Waals surface area contributed by atoms with Crippen LogP contribution in [0.15, 0.2) is 54.6 Å². The summed E-state index contributed by atoms with van der Waals surface area (Å²) in [6, 6.07) is 14.1. The fraction of sp³-hybridized carbons (Fsp3) is 0.111. The van der Waals surface area contributed by atoms with Crippen molar-refractivity contribution in [3.8, 4) is 0 Å². The minimum absolute atomic E-state index is 0.0273. The number of nitrogens with zero attached hydrogens (tertiary/aromatic N) is 1. The standard InChI is InChI=1S/C18H15NO4/c1-12(20)15-10-6-7-11-16(15)18(23)19(13(2)21)17(22)14-8-4-3-5-9-14/h3-11H,1-2H3. The van der Waals surface area contributed by atoms with Crippen LogP contribution in [0.5, 0.6) is 0 Å². The highest BCUT2D eigenvalue weighted by atomic mass is 16.2. The van der Waals surface area contributed by atoms with Crippen molar-refractivity contribution in [2.45, 2.75) is 13.8 Å². The number of carbonyl (C=O) groups is 4. The Labute approximate surface area is 133 Å².